The third-order valence-corrected chi connectivity index (χ3v) is 6.85. The molecule has 2 aliphatic rings. The third-order valence-electron chi connectivity index (χ3n) is 5.53. The quantitative estimate of drug-likeness (QED) is 0.596. The average Bonchev–Trinajstić information content (AvgIpc) is 3.26. The summed E-state index contributed by atoms with van der Waals surface area (Å²) in [4.78, 5) is 28.6. The molecule has 5 rings (SSSR count). The van der Waals surface area contributed by atoms with Crippen molar-refractivity contribution < 1.29 is 23.8 Å². The maximum Gasteiger partial charge on any atom is 0.244 e. The van der Waals surface area contributed by atoms with E-state index in [0.717, 1.165) is 16.1 Å². The van der Waals surface area contributed by atoms with Crippen LogP contribution in [0, 0.1) is 0 Å². The van der Waals surface area contributed by atoms with Gasteiger partial charge < -0.3 is 24.4 Å². The van der Waals surface area contributed by atoms with Gasteiger partial charge in [-0.15, -0.1) is 11.8 Å². The highest BCUT2D eigenvalue weighted by atomic mass is 32.2. The van der Waals surface area contributed by atoms with E-state index in [1.807, 2.05) is 42.5 Å². The lowest BCUT2D eigenvalue weighted by Crippen LogP contribution is -2.38. The predicted molar refractivity (Wildman–Crippen MR) is 126 cm³/mol. The molecule has 168 valence electrons. The molecule has 0 fully saturated rings. The van der Waals surface area contributed by atoms with E-state index in [4.69, 9.17) is 14.2 Å². The first-order valence-electron chi connectivity index (χ1n) is 10.5. The van der Waals surface area contributed by atoms with Crippen molar-refractivity contribution in [3.63, 3.8) is 0 Å². The van der Waals surface area contributed by atoms with E-state index in [1.54, 1.807) is 48.0 Å². The zero-order valence-electron chi connectivity index (χ0n) is 17.9. The molecule has 1 unspecified atom stereocenters. The zero-order valence-corrected chi connectivity index (χ0v) is 18.8. The minimum absolute atomic E-state index is 0.0731. The summed E-state index contributed by atoms with van der Waals surface area (Å²) < 4.78 is 16.1. The molecule has 0 spiro atoms. The number of para-hydroxylation sites is 1. The maximum absolute atomic E-state index is 13.3. The number of ether oxygens (including phenoxy) is 3. The molecule has 3 aromatic rings. The van der Waals surface area contributed by atoms with Gasteiger partial charge in [-0.1, -0.05) is 18.2 Å². The van der Waals surface area contributed by atoms with Crippen LogP contribution < -0.4 is 24.4 Å². The van der Waals surface area contributed by atoms with Gasteiger partial charge in [-0.2, -0.15) is 0 Å². The van der Waals surface area contributed by atoms with Gasteiger partial charge in [0.05, 0.1) is 12.8 Å². The summed E-state index contributed by atoms with van der Waals surface area (Å²) in [6.07, 6.45) is 0.259. The van der Waals surface area contributed by atoms with Gasteiger partial charge in [0.15, 0.2) is 11.5 Å². The average molecular weight is 463 g/mol. The number of hydrogen-bond donors (Lipinski definition) is 1. The fourth-order valence-corrected chi connectivity index (χ4v) is 5.14. The molecular formula is C25H22N2O5S. The monoisotopic (exact) mass is 462 g/mol. The summed E-state index contributed by atoms with van der Waals surface area (Å²) in [6.45, 7) is 0.131. The van der Waals surface area contributed by atoms with Crippen LogP contribution in [0.3, 0.4) is 0 Å². The molecule has 2 heterocycles. The molecule has 0 aromatic heterocycles. The Hall–Kier alpha value is -3.65. The lowest BCUT2D eigenvalue weighted by molar-refractivity contribution is -0.121. The highest BCUT2D eigenvalue weighted by molar-refractivity contribution is 7.99. The molecule has 3 aromatic carbocycles. The molecule has 0 saturated heterocycles. The molecule has 2 amide bonds. The minimum atomic E-state index is -0.269. The molecule has 7 nitrogen and oxygen atoms in total. The second kappa shape index (κ2) is 9.07. The van der Waals surface area contributed by atoms with Crippen molar-refractivity contribution in [2.75, 3.05) is 30.7 Å². The zero-order chi connectivity index (χ0) is 22.8. The summed E-state index contributed by atoms with van der Waals surface area (Å²) in [6, 6.07) is 20.5. The number of benzene rings is 3. The Morgan fingerprint density at radius 3 is 2.70 bits per heavy atom. The number of hydrogen-bond acceptors (Lipinski definition) is 6. The van der Waals surface area contributed by atoms with E-state index < -0.39 is 0 Å². The third kappa shape index (κ3) is 4.47. The van der Waals surface area contributed by atoms with Gasteiger partial charge in [-0.25, -0.2) is 0 Å². The van der Waals surface area contributed by atoms with Crippen LogP contribution in [-0.2, 0) is 9.59 Å². The summed E-state index contributed by atoms with van der Waals surface area (Å²) >= 11 is 1.61. The summed E-state index contributed by atoms with van der Waals surface area (Å²) in [5, 5.41) is 2.75. The summed E-state index contributed by atoms with van der Waals surface area (Å²) in [7, 11) is 1.59. The number of methoxy groups -OCH3 is 1. The smallest absolute Gasteiger partial charge is 0.244 e. The van der Waals surface area contributed by atoms with Gasteiger partial charge in [0.2, 0.25) is 18.6 Å². The van der Waals surface area contributed by atoms with Gasteiger partial charge in [-0.05, 0) is 54.1 Å². The van der Waals surface area contributed by atoms with Crippen LogP contribution in [0.1, 0.15) is 17.2 Å². The fraction of sp³-hybridized carbons (Fsp3) is 0.200. The van der Waals surface area contributed by atoms with Crippen LogP contribution in [0.25, 0.3) is 0 Å². The number of nitrogens with one attached hydrogen (secondary N) is 1. The standard InChI is InChI=1S/C25H22N2O5S/c1-30-18-9-7-17(8-10-18)26-24(28)14-27-19-4-2-3-5-22(19)33-23(13-25(27)29)16-6-11-20-21(12-16)32-15-31-20/h2-12,23H,13-15H2,1H3,(H,26,28). The molecule has 2 aliphatic heterocycles. The number of amides is 2. The summed E-state index contributed by atoms with van der Waals surface area (Å²) in [5.41, 5.74) is 2.36. The van der Waals surface area contributed by atoms with Crippen molar-refractivity contribution in [2.24, 2.45) is 0 Å². The normalized spacial score (nSPS) is 16.7. The molecule has 1 atom stereocenters. The van der Waals surface area contributed by atoms with Gasteiger partial charge in [0.25, 0.3) is 0 Å². The van der Waals surface area contributed by atoms with Crippen LogP contribution in [0.5, 0.6) is 17.2 Å². The van der Waals surface area contributed by atoms with Gasteiger partial charge in [0.1, 0.15) is 12.3 Å². The van der Waals surface area contributed by atoms with Crippen molar-refractivity contribution in [1.82, 2.24) is 0 Å². The largest absolute Gasteiger partial charge is 0.497 e. The van der Waals surface area contributed by atoms with E-state index in [-0.39, 0.29) is 36.8 Å². The molecular weight excluding hydrogens is 440 g/mol. The topological polar surface area (TPSA) is 77.1 Å². The number of fused-ring (bicyclic) bond motifs is 2. The van der Waals surface area contributed by atoms with Crippen molar-refractivity contribution in [3.05, 3.63) is 72.3 Å². The fourth-order valence-electron chi connectivity index (χ4n) is 3.87. The number of carbonyl (C=O) groups excluding carboxylic acids is 2. The molecule has 0 aliphatic carbocycles. The van der Waals surface area contributed by atoms with Crippen molar-refractivity contribution >= 4 is 35.0 Å². The first kappa shape index (κ1) is 21.2. The SMILES string of the molecule is COc1ccc(NC(=O)CN2C(=O)CC(c3ccc4c(c3)OCO4)Sc3ccccc32)cc1. The molecule has 1 N–H and O–H groups in total. The van der Waals surface area contributed by atoms with Gasteiger partial charge in [-0.3, -0.25) is 9.59 Å². The van der Waals surface area contributed by atoms with Crippen molar-refractivity contribution in [2.45, 2.75) is 16.6 Å². The first-order valence-corrected chi connectivity index (χ1v) is 11.4. The Morgan fingerprint density at radius 2 is 1.88 bits per heavy atom. The highest BCUT2D eigenvalue weighted by Crippen LogP contribution is 2.47. The molecule has 33 heavy (non-hydrogen) atoms. The Bertz CT molecular complexity index is 1200. The first-order chi connectivity index (χ1) is 16.1. The second-order valence-electron chi connectivity index (χ2n) is 7.65. The number of carbonyl (C=O) groups is 2. The predicted octanol–water partition coefficient (Wildman–Crippen LogP) is 4.63. The lowest BCUT2D eigenvalue weighted by atomic mass is 10.1. The second-order valence-corrected chi connectivity index (χ2v) is 8.89. The molecule has 0 radical (unpaired) electrons. The van der Waals surface area contributed by atoms with E-state index in [1.165, 1.54) is 0 Å². The Kier molecular flexibility index (Phi) is 5.83. The van der Waals surface area contributed by atoms with Crippen molar-refractivity contribution in [1.29, 1.82) is 0 Å². The molecule has 0 saturated carbocycles. The Morgan fingerprint density at radius 1 is 1.09 bits per heavy atom. The van der Waals surface area contributed by atoms with Crippen LogP contribution >= 0.6 is 11.8 Å². The van der Waals surface area contributed by atoms with Crippen LogP contribution in [0.15, 0.2) is 71.6 Å². The maximum atomic E-state index is 13.3. The number of rotatable bonds is 5. The van der Waals surface area contributed by atoms with E-state index in [2.05, 4.69) is 5.32 Å². The van der Waals surface area contributed by atoms with Crippen LogP contribution in [-0.4, -0.2) is 32.3 Å². The van der Waals surface area contributed by atoms with Crippen LogP contribution in [0.2, 0.25) is 0 Å². The number of thioether (sulfide) groups is 1. The Balaban J connectivity index is 1.37. The van der Waals surface area contributed by atoms with E-state index >= 15 is 0 Å². The molecule has 8 heteroatoms. The van der Waals surface area contributed by atoms with Gasteiger partial charge in [0, 0.05) is 22.3 Å². The minimum Gasteiger partial charge on any atom is -0.497 e. The molecule has 0 bridgehead atoms. The number of nitrogens with zero attached hydrogens (tertiary/aromatic N) is 1. The van der Waals surface area contributed by atoms with Crippen molar-refractivity contribution in [3.8, 4) is 17.2 Å². The van der Waals surface area contributed by atoms with Gasteiger partial charge >= 0.3 is 0 Å². The number of anilines is 2. The lowest BCUT2D eigenvalue weighted by Gasteiger charge is -2.22. The highest BCUT2D eigenvalue weighted by Gasteiger charge is 2.31. The van der Waals surface area contributed by atoms with E-state index in [9.17, 15) is 9.59 Å². The Labute approximate surface area is 195 Å². The summed E-state index contributed by atoms with van der Waals surface area (Å²) in [5.74, 6) is 1.72. The van der Waals surface area contributed by atoms with E-state index in [0.29, 0.717) is 22.9 Å². The van der Waals surface area contributed by atoms with Crippen LogP contribution in [0.4, 0.5) is 11.4 Å².